The van der Waals surface area contributed by atoms with Crippen LogP contribution in [0.1, 0.15) is 20.3 Å². The zero-order valence-corrected chi connectivity index (χ0v) is 11.8. The van der Waals surface area contributed by atoms with Crippen LogP contribution in [0.3, 0.4) is 0 Å². The number of aromatic nitrogens is 1. The molecule has 0 aromatic carbocycles. The van der Waals surface area contributed by atoms with Gasteiger partial charge in [0.1, 0.15) is 10.4 Å². The molecule has 5 heteroatoms. The average Bonchev–Trinajstić information content (AvgIpc) is 2.30. The van der Waals surface area contributed by atoms with E-state index in [2.05, 4.69) is 26.2 Å². The van der Waals surface area contributed by atoms with Gasteiger partial charge in [0.15, 0.2) is 0 Å². The Morgan fingerprint density at radius 3 is 2.71 bits per heavy atom. The van der Waals surface area contributed by atoms with Crippen molar-refractivity contribution in [2.24, 2.45) is 0 Å². The van der Waals surface area contributed by atoms with E-state index >= 15 is 0 Å². The van der Waals surface area contributed by atoms with Crippen LogP contribution in [0.25, 0.3) is 0 Å². The van der Waals surface area contributed by atoms with Crippen molar-refractivity contribution in [1.29, 1.82) is 0 Å². The van der Waals surface area contributed by atoms with E-state index < -0.39 is 0 Å². The summed E-state index contributed by atoms with van der Waals surface area (Å²) in [5.41, 5.74) is 0. The van der Waals surface area contributed by atoms with Gasteiger partial charge in [-0.1, -0.05) is 6.07 Å². The van der Waals surface area contributed by atoms with Crippen LogP contribution in [0.2, 0.25) is 0 Å². The molecule has 0 spiro atoms. The molecular weight excluding hydrogens is 282 g/mol. The number of halogens is 1. The highest BCUT2D eigenvalue weighted by Crippen LogP contribution is 2.09. The van der Waals surface area contributed by atoms with Crippen LogP contribution >= 0.6 is 15.9 Å². The van der Waals surface area contributed by atoms with Crippen LogP contribution in [0.4, 0.5) is 5.82 Å². The van der Waals surface area contributed by atoms with Crippen LogP contribution in [-0.4, -0.2) is 35.4 Å². The van der Waals surface area contributed by atoms with Gasteiger partial charge in [0.25, 0.3) is 0 Å². The number of carbonyl (C=O) groups is 1. The van der Waals surface area contributed by atoms with E-state index in [0.717, 1.165) is 23.5 Å². The fourth-order valence-corrected chi connectivity index (χ4v) is 1.88. The first kappa shape index (κ1) is 14.0. The molecule has 1 aromatic rings. The van der Waals surface area contributed by atoms with Crippen molar-refractivity contribution in [3.05, 3.63) is 22.8 Å². The molecular formula is C12H18BrN3O. The zero-order valence-electron chi connectivity index (χ0n) is 10.2. The Bertz CT molecular complexity index is 367. The van der Waals surface area contributed by atoms with Crippen LogP contribution < -0.4 is 5.32 Å². The second kappa shape index (κ2) is 7.27. The fourth-order valence-electron chi connectivity index (χ4n) is 1.54. The van der Waals surface area contributed by atoms with Gasteiger partial charge in [-0.3, -0.25) is 4.79 Å². The molecule has 0 atom stereocenters. The van der Waals surface area contributed by atoms with Crippen LogP contribution in [0.5, 0.6) is 0 Å². The minimum Gasteiger partial charge on any atom is -0.370 e. The molecule has 4 nitrogen and oxygen atoms in total. The van der Waals surface area contributed by atoms with E-state index in [-0.39, 0.29) is 5.91 Å². The molecule has 0 fully saturated rings. The normalized spacial score (nSPS) is 10.1. The lowest BCUT2D eigenvalue weighted by molar-refractivity contribution is -0.130. The molecule has 1 aromatic heterocycles. The molecule has 0 saturated carbocycles. The quantitative estimate of drug-likeness (QED) is 0.821. The molecule has 1 rings (SSSR count). The molecule has 1 heterocycles. The first-order valence-corrected chi connectivity index (χ1v) is 6.60. The lowest BCUT2D eigenvalue weighted by Gasteiger charge is -2.18. The third kappa shape index (κ3) is 4.73. The molecule has 94 valence electrons. The van der Waals surface area contributed by atoms with Crippen molar-refractivity contribution >= 4 is 27.7 Å². The maximum absolute atomic E-state index is 11.7. The van der Waals surface area contributed by atoms with Gasteiger partial charge < -0.3 is 10.2 Å². The van der Waals surface area contributed by atoms with Gasteiger partial charge in [0.05, 0.1) is 0 Å². The minimum atomic E-state index is 0.178. The lowest BCUT2D eigenvalue weighted by atomic mass is 10.3. The molecule has 0 unspecified atom stereocenters. The predicted molar refractivity (Wildman–Crippen MR) is 73.0 cm³/mol. The SMILES string of the molecule is CCN(CC)C(=O)CCNc1cccc(Br)n1. The summed E-state index contributed by atoms with van der Waals surface area (Å²) in [5, 5.41) is 3.13. The summed E-state index contributed by atoms with van der Waals surface area (Å²) in [6, 6.07) is 5.66. The first-order valence-electron chi connectivity index (χ1n) is 5.81. The van der Waals surface area contributed by atoms with E-state index in [9.17, 15) is 4.79 Å². The van der Waals surface area contributed by atoms with Crippen molar-refractivity contribution in [1.82, 2.24) is 9.88 Å². The van der Waals surface area contributed by atoms with Gasteiger partial charge in [0, 0.05) is 26.1 Å². The number of nitrogens with zero attached hydrogens (tertiary/aromatic N) is 2. The van der Waals surface area contributed by atoms with E-state index in [1.165, 1.54) is 0 Å². The highest BCUT2D eigenvalue weighted by molar-refractivity contribution is 9.10. The molecule has 0 radical (unpaired) electrons. The maximum atomic E-state index is 11.7. The number of pyridine rings is 1. The molecule has 0 saturated heterocycles. The third-order valence-corrected chi connectivity index (χ3v) is 2.92. The maximum Gasteiger partial charge on any atom is 0.224 e. The number of amides is 1. The number of carbonyl (C=O) groups excluding carboxylic acids is 1. The summed E-state index contributed by atoms with van der Waals surface area (Å²) >= 11 is 3.30. The van der Waals surface area contributed by atoms with E-state index in [1.54, 1.807) is 0 Å². The minimum absolute atomic E-state index is 0.178. The van der Waals surface area contributed by atoms with E-state index in [0.29, 0.717) is 13.0 Å². The van der Waals surface area contributed by atoms with Crippen molar-refractivity contribution in [3.8, 4) is 0 Å². The molecule has 0 aliphatic carbocycles. The first-order chi connectivity index (χ1) is 8.17. The summed E-state index contributed by atoms with van der Waals surface area (Å²) in [6.45, 7) is 6.13. The van der Waals surface area contributed by atoms with Gasteiger partial charge in [-0.25, -0.2) is 4.98 Å². The molecule has 1 amide bonds. The number of rotatable bonds is 6. The Morgan fingerprint density at radius 2 is 2.12 bits per heavy atom. The largest absolute Gasteiger partial charge is 0.370 e. The molecule has 1 N–H and O–H groups in total. The van der Waals surface area contributed by atoms with Crippen molar-refractivity contribution < 1.29 is 4.79 Å². The van der Waals surface area contributed by atoms with Gasteiger partial charge in [-0.2, -0.15) is 0 Å². The smallest absolute Gasteiger partial charge is 0.224 e. The highest BCUT2D eigenvalue weighted by Gasteiger charge is 2.08. The summed E-state index contributed by atoms with van der Waals surface area (Å²) in [5.74, 6) is 0.962. The Balaban J connectivity index is 2.35. The van der Waals surface area contributed by atoms with Gasteiger partial charge >= 0.3 is 0 Å². The Kier molecular flexibility index (Phi) is 5.97. The Labute approximate surface area is 111 Å². The van der Waals surface area contributed by atoms with Crippen molar-refractivity contribution in [2.45, 2.75) is 20.3 Å². The Morgan fingerprint density at radius 1 is 1.41 bits per heavy atom. The van der Waals surface area contributed by atoms with E-state index in [1.807, 2.05) is 36.9 Å². The van der Waals surface area contributed by atoms with Gasteiger partial charge in [-0.05, 0) is 41.9 Å². The van der Waals surface area contributed by atoms with Gasteiger partial charge in [0.2, 0.25) is 5.91 Å². The number of nitrogens with one attached hydrogen (secondary N) is 1. The lowest BCUT2D eigenvalue weighted by Crippen LogP contribution is -2.31. The summed E-state index contributed by atoms with van der Waals surface area (Å²) < 4.78 is 0.789. The second-order valence-electron chi connectivity index (χ2n) is 3.59. The van der Waals surface area contributed by atoms with Crippen LogP contribution in [0, 0.1) is 0 Å². The summed E-state index contributed by atoms with van der Waals surface area (Å²) in [4.78, 5) is 17.8. The predicted octanol–water partition coefficient (Wildman–Crippen LogP) is 2.51. The number of hydrogen-bond acceptors (Lipinski definition) is 3. The number of hydrogen-bond donors (Lipinski definition) is 1. The number of anilines is 1. The topological polar surface area (TPSA) is 45.2 Å². The molecule has 0 aliphatic heterocycles. The van der Waals surface area contributed by atoms with Crippen molar-refractivity contribution in [3.63, 3.8) is 0 Å². The second-order valence-corrected chi connectivity index (χ2v) is 4.40. The molecule has 0 aliphatic rings. The van der Waals surface area contributed by atoms with Crippen LogP contribution in [-0.2, 0) is 4.79 Å². The summed E-state index contributed by atoms with van der Waals surface area (Å²) in [6.07, 6.45) is 0.496. The Hall–Kier alpha value is -1.10. The van der Waals surface area contributed by atoms with Gasteiger partial charge in [-0.15, -0.1) is 0 Å². The van der Waals surface area contributed by atoms with Crippen LogP contribution in [0.15, 0.2) is 22.8 Å². The zero-order chi connectivity index (χ0) is 12.7. The average molecular weight is 300 g/mol. The fraction of sp³-hybridized carbons (Fsp3) is 0.500. The molecule has 17 heavy (non-hydrogen) atoms. The standard InChI is InChI=1S/C12H18BrN3O/c1-3-16(4-2)12(17)8-9-14-11-7-5-6-10(13)15-11/h5-7H,3-4,8-9H2,1-2H3,(H,14,15). The van der Waals surface area contributed by atoms with Crippen molar-refractivity contribution in [2.75, 3.05) is 25.0 Å². The summed E-state index contributed by atoms with van der Waals surface area (Å²) in [7, 11) is 0. The monoisotopic (exact) mass is 299 g/mol. The van der Waals surface area contributed by atoms with E-state index in [4.69, 9.17) is 0 Å². The molecule has 0 bridgehead atoms. The highest BCUT2D eigenvalue weighted by atomic mass is 79.9. The third-order valence-electron chi connectivity index (χ3n) is 2.48.